The number of aryl methyl sites for hydroxylation is 1. The minimum atomic E-state index is -0.273. The molecule has 2 aromatic rings. The van der Waals surface area contributed by atoms with Crippen molar-refractivity contribution >= 4 is 28.1 Å². The number of piperidine rings is 1. The van der Waals surface area contributed by atoms with E-state index in [0.717, 1.165) is 47.2 Å². The highest BCUT2D eigenvalue weighted by molar-refractivity contribution is 7.15. The maximum absolute atomic E-state index is 14.9. The van der Waals surface area contributed by atoms with Gasteiger partial charge in [0.25, 0.3) is 0 Å². The Morgan fingerprint density at radius 3 is 2.83 bits per heavy atom. The summed E-state index contributed by atoms with van der Waals surface area (Å²) in [6.07, 6.45) is 3.35. The summed E-state index contributed by atoms with van der Waals surface area (Å²) in [5, 5.41) is 12.9. The molecule has 0 radical (unpaired) electrons. The molecule has 4 rings (SSSR count). The van der Waals surface area contributed by atoms with E-state index in [1.807, 2.05) is 25.1 Å². The van der Waals surface area contributed by atoms with Gasteiger partial charge in [0.05, 0.1) is 12.2 Å². The SMILES string of the molecule is CC(=O)NCC1C=C(c2ccc(C3CCN(c4nnc(C)s4)CC3)c(F)c2)NO1. The Morgan fingerprint density at radius 1 is 1.38 bits per heavy atom. The summed E-state index contributed by atoms with van der Waals surface area (Å²) in [4.78, 5) is 18.7. The molecule has 154 valence electrons. The molecule has 0 bridgehead atoms. The van der Waals surface area contributed by atoms with Gasteiger partial charge in [-0.05, 0) is 43.4 Å². The van der Waals surface area contributed by atoms with Crippen molar-refractivity contribution in [1.29, 1.82) is 0 Å². The molecule has 2 N–H and O–H groups in total. The summed E-state index contributed by atoms with van der Waals surface area (Å²) >= 11 is 1.60. The van der Waals surface area contributed by atoms with Crippen molar-refractivity contribution in [3.8, 4) is 0 Å². The minimum Gasteiger partial charge on any atom is -0.353 e. The molecule has 1 fully saturated rings. The van der Waals surface area contributed by atoms with Crippen molar-refractivity contribution in [3.05, 3.63) is 46.2 Å². The number of nitrogens with zero attached hydrogens (tertiary/aromatic N) is 3. The van der Waals surface area contributed by atoms with Gasteiger partial charge in [0, 0.05) is 25.6 Å². The highest BCUT2D eigenvalue weighted by atomic mass is 32.1. The molecule has 0 aliphatic carbocycles. The zero-order chi connectivity index (χ0) is 20.4. The van der Waals surface area contributed by atoms with Crippen molar-refractivity contribution in [2.45, 2.75) is 38.7 Å². The quantitative estimate of drug-likeness (QED) is 0.779. The lowest BCUT2D eigenvalue weighted by atomic mass is 9.88. The normalized spacial score (nSPS) is 19.8. The Hall–Kier alpha value is -2.52. The zero-order valence-corrected chi connectivity index (χ0v) is 17.3. The number of nitrogens with one attached hydrogen (secondary N) is 2. The zero-order valence-electron chi connectivity index (χ0n) is 16.4. The fraction of sp³-hybridized carbons (Fsp3) is 0.450. The van der Waals surface area contributed by atoms with Crippen LogP contribution < -0.4 is 15.7 Å². The maximum atomic E-state index is 14.9. The van der Waals surface area contributed by atoms with Gasteiger partial charge in [-0.1, -0.05) is 23.5 Å². The predicted octanol–water partition coefficient (Wildman–Crippen LogP) is 2.75. The minimum absolute atomic E-state index is 0.113. The van der Waals surface area contributed by atoms with Crippen LogP contribution in [0.25, 0.3) is 5.70 Å². The van der Waals surface area contributed by atoms with Crippen molar-refractivity contribution in [1.82, 2.24) is 21.0 Å². The molecular weight excluding hydrogens is 393 g/mol. The molecule has 9 heteroatoms. The van der Waals surface area contributed by atoms with E-state index >= 15 is 0 Å². The van der Waals surface area contributed by atoms with Crippen LogP contribution in [0.1, 0.15) is 41.8 Å². The van der Waals surface area contributed by atoms with Crippen LogP contribution in [-0.2, 0) is 9.63 Å². The van der Waals surface area contributed by atoms with Crippen LogP contribution in [0.3, 0.4) is 0 Å². The third-order valence-corrected chi connectivity index (χ3v) is 6.16. The van der Waals surface area contributed by atoms with Gasteiger partial charge in [-0.15, -0.1) is 10.2 Å². The van der Waals surface area contributed by atoms with Crippen molar-refractivity contribution in [2.24, 2.45) is 0 Å². The van der Waals surface area contributed by atoms with Crippen molar-refractivity contribution in [3.63, 3.8) is 0 Å². The number of hydrogen-bond acceptors (Lipinski definition) is 7. The Morgan fingerprint density at radius 2 is 2.17 bits per heavy atom. The van der Waals surface area contributed by atoms with E-state index in [-0.39, 0.29) is 23.7 Å². The van der Waals surface area contributed by atoms with E-state index in [4.69, 9.17) is 4.84 Å². The summed E-state index contributed by atoms with van der Waals surface area (Å²) in [7, 11) is 0. The van der Waals surface area contributed by atoms with Crippen LogP contribution in [0.2, 0.25) is 0 Å². The predicted molar refractivity (Wildman–Crippen MR) is 110 cm³/mol. The molecule has 0 spiro atoms. The second-order valence-corrected chi connectivity index (χ2v) is 8.54. The number of rotatable bonds is 5. The Bertz CT molecular complexity index is 923. The number of carbonyl (C=O) groups is 1. The van der Waals surface area contributed by atoms with Gasteiger partial charge in [-0.3, -0.25) is 15.1 Å². The fourth-order valence-electron chi connectivity index (χ4n) is 3.71. The lowest BCUT2D eigenvalue weighted by Crippen LogP contribution is -2.33. The summed E-state index contributed by atoms with van der Waals surface area (Å²) in [6.45, 7) is 5.49. The molecule has 1 unspecified atom stereocenters. The van der Waals surface area contributed by atoms with E-state index < -0.39 is 0 Å². The third-order valence-electron chi connectivity index (χ3n) is 5.26. The van der Waals surface area contributed by atoms with Crippen LogP contribution >= 0.6 is 11.3 Å². The van der Waals surface area contributed by atoms with E-state index in [1.54, 1.807) is 17.4 Å². The van der Waals surface area contributed by atoms with E-state index in [1.165, 1.54) is 6.92 Å². The monoisotopic (exact) mass is 417 g/mol. The topological polar surface area (TPSA) is 79.4 Å². The first-order valence-electron chi connectivity index (χ1n) is 9.72. The lowest BCUT2D eigenvalue weighted by Gasteiger charge is -2.31. The summed E-state index contributed by atoms with van der Waals surface area (Å²) in [5.74, 6) is -0.109. The molecule has 0 saturated carbocycles. The number of anilines is 1. The van der Waals surface area contributed by atoms with Crippen LogP contribution in [0, 0.1) is 12.7 Å². The van der Waals surface area contributed by atoms with Gasteiger partial charge >= 0.3 is 0 Å². The molecule has 7 nitrogen and oxygen atoms in total. The van der Waals surface area contributed by atoms with Crippen LogP contribution in [0.4, 0.5) is 9.52 Å². The third kappa shape index (κ3) is 4.56. The highest BCUT2D eigenvalue weighted by Crippen LogP contribution is 2.33. The molecule has 2 aliphatic heterocycles. The summed E-state index contributed by atoms with van der Waals surface area (Å²) in [5.41, 5.74) is 5.03. The Kier molecular flexibility index (Phi) is 5.77. The lowest BCUT2D eigenvalue weighted by molar-refractivity contribution is -0.119. The summed E-state index contributed by atoms with van der Waals surface area (Å²) in [6, 6.07) is 5.35. The van der Waals surface area contributed by atoms with Gasteiger partial charge in [-0.2, -0.15) is 0 Å². The fourth-order valence-corrected chi connectivity index (χ4v) is 4.45. The van der Waals surface area contributed by atoms with Gasteiger partial charge in [0.15, 0.2) is 0 Å². The number of aromatic nitrogens is 2. The number of benzene rings is 1. The standard InChI is InChI=1S/C20H24FN5O2S/c1-12(27)22-11-16-10-19(25-28-16)15-3-4-17(18(21)9-15)14-5-7-26(8-6-14)20-24-23-13(2)29-20/h3-4,9-10,14,16,25H,5-8,11H2,1-2H3,(H,22,27). The molecule has 1 aromatic heterocycles. The van der Waals surface area contributed by atoms with Gasteiger partial charge in [-0.25, -0.2) is 4.39 Å². The largest absolute Gasteiger partial charge is 0.353 e. The van der Waals surface area contributed by atoms with Crippen LogP contribution in [0.5, 0.6) is 0 Å². The number of carbonyl (C=O) groups excluding carboxylic acids is 1. The molecular formula is C20H24FN5O2S. The van der Waals surface area contributed by atoms with Crippen LogP contribution in [0.15, 0.2) is 24.3 Å². The number of halogens is 1. The first-order chi connectivity index (χ1) is 14.0. The maximum Gasteiger partial charge on any atom is 0.216 e. The van der Waals surface area contributed by atoms with Crippen LogP contribution in [-0.4, -0.2) is 41.8 Å². The molecule has 1 saturated heterocycles. The van der Waals surface area contributed by atoms with Gasteiger partial charge < -0.3 is 10.2 Å². The average Bonchev–Trinajstić information content (AvgIpc) is 3.36. The molecule has 29 heavy (non-hydrogen) atoms. The first kappa shape index (κ1) is 19.8. The highest BCUT2D eigenvalue weighted by Gasteiger charge is 2.25. The second kappa shape index (κ2) is 8.46. The van der Waals surface area contributed by atoms with E-state index in [2.05, 4.69) is 25.9 Å². The van der Waals surface area contributed by atoms with Crippen molar-refractivity contribution < 1.29 is 14.0 Å². The number of hydrogen-bond donors (Lipinski definition) is 2. The van der Waals surface area contributed by atoms with Gasteiger partial charge in [0.2, 0.25) is 11.0 Å². The number of amides is 1. The molecule has 3 heterocycles. The van der Waals surface area contributed by atoms with Crippen molar-refractivity contribution in [2.75, 3.05) is 24.5 Å². The van der Waals surface area contributed by atoms with E-state index in [9.17, 15) is 9.18 Å². The Labute approximate surface area is 172 Å². The average molecular weight is 418 g/mol. The smallest absolute Gasteiger partial charge is 0.216 e. The second-order valence-electron chi connectivity index (χ2n) is 7.38. The molecule has 1 atom stereocenters. The Balaban J connectivity index is 1.39. The molecule has 1 aromatic carbocycles. The van der Waals surface area contributed by atoms with E-state index in [0.29, 0.717) is 12.2 Å². The summed E-state index contributed by atoms with van der Waals surface area (Å²) < 4.78 is 14.9. The first-order valence-corrected chi connectivity index (χ1v) is 10.5. The molecule has 2 aliphatic rings. The molecule has 1 amide bonds. The van der Waals surface area contributed by atoms with Gasteiger partial charge in [0.1, 0.15) is 16.9 Å². The number of hydroxylamine groups is 1.